The zero-order chi connectivity index (χ0) is 13.7. The SMILES string of the molecule is CCCCC[PH](CCCC)(CCCC)CCCC.Cl.Cl.Cl.Cl.Cl.Cl.Cl.Cl.Cl. The Kier molecular flexibility index (Phi) is 110. The largest absolute Gasteiger partial charge is 0.147 e. The Bertz CT molecular complexity index is 168. The first-order chi connectivity index (χ1) is 8.74. The van der Waals surface area contributed by atoms with Gasteiger partial charge in [-0.2, -0.15) is 0 Å². The van der Waals surface area contributed by atoms with Crippen molar-refractivity contribution in [2.75, 3.05) is 24.6 Å². The van der Waals surface area contributed by atoms with Gasteiger partial charge in [0.15, 0.2) is 0 Å². The van der Waals surface area contributed by atoms with Gasteiger partial charge >= 0.3 is 117 Å². The second kappa shape index (κ2) is 47.0. The summed E-state index contributed by atoms with van der Waals surface area (Å²) in [7, 11) is -0.896. The molecule has 0 atom stereocenters. The topological polar surface area (TPSA) is 0 Å². The summed E-state index contributed by atoms with van der Waals surface area (Å²) in [5, 5.41) is 0. The molecule has 0 aromatic rings. The zero-order valence-electron chi connectivity index (χ0n) is 17.4. The summed E-state index contributed by atoms with van der Waals surface area (Å²) < 4.78 is 0. The summed E-state index contributed by atoms with van der Waals surface area (Å²) in [4.78, 5) is 0. The van der Waals surface area contributed by atoms with E-state index in [-0.39, 0.29) is 112 Å². The van der Waals surface area contributed by atoms with E-state index in [0.717, 1.165) is 0 Å². The number of hydrogen-bond acceptors (Lipinski definition) is 0. The third-order valence-corrected chi connectivity index (χ3v) is 10.1. The number of unbranched alkanes of at least 4 members (excludes halogenated alkanes) is 5. The van der Waals surface area contributed by atoms with E-state index in [1.165, 1.54) is 57.8 Å². The number of halogens is 9. The molecule has 0 aliphatic carbocycles. The van der Waals surface area contributed by atoms with Crippen LogP contribution in [0.2, 0.25) is 0 Å². The molecule has 0 N–H and O–H groups in total. The van der Waals surface area contributed by atoms with Crippen molar-refractivity contribution < 1.29 is 0 Å². The minimum Gasteiger partial charge on any atom is -0.147 e. The van der Waals surface area contributed by atoms with Crippen molar-refractivity contribution in [3.63, 3.8) is 0 Å². The molecule has 0 amide bonds. The molecule has 0 unspecified atom stereocenters. The van der Waals surface area contributed by atoms with Gasteiger partial charge in [0.25, 0.3) is 0 Å². The number of hydrogen-bond donors (Lipinski definition) is 0. The van der Waals surface area contributed by atoms with Crippen LogP contribution in [0.3, 0.4) is 0 Å². The number of rotatable bonds is 13. The Morgan fingerprint density at radius 1 is 0.333 bits per heavy atom. The molecule has 0 bridgehead atoms. The summed E-state index contributed by atoms with van der Waals surface area (Å²) in [6.07, 6.45) is 19.7. The van der Waals surface area contributed by atoms with Crippen LogP contribution in [0, 0.1) is 0 Å². The third kappa shape index (κ3) is 36.7. The predicted molar refractivity (Wildman–Crippen MR) is 157 cm³/mol. The summed E-state index contributed by atoms with van der Waals surface area (Å²) in [5.74, 6) is 0. The average molecular weight is 603 g/mol. The maximum absolute atomic E-state index is 2.37. The van der Waals surface area contributed by atoms with Crippen LogP contribution in [0.1, 0.15) is 85.5 Å². The molecule has 0 aliphatic rings. The van der Waals surface area contributed by atoms with Gasteiger partial charge in [-0.15, -0.1) is 112 Å². The molecular weight excluding hydrogens is 554 g/mol. The zero-order valence-corrected chi connectivity index (χ0v) is 25.7. The Balaban J connectivity index is -0.0000000401. The maximum Gasteiger partial charge on any atom is -0.147 e. The quantitative estimate of drug-likeness (QED) is 0.145. The minimum atomic E-state index is -0.896. The molecule has 0 aromatic heterocycles. The van der Waals surface area contributed by atoms with Crippen molar-refractivity contribution in [3.8, 4) is 0 Å². The fourth-order valence-electron chi connectivity index (χ4n) is 3.16. The molecule has 10 heteroatoms. The van der Waals surface area contributed by atoms with Gasteiger partial charge < -0.3 is 0 Å². The monoisotopic (exact) mass is 598 g/mol. The fourth-order valence-corrected chi connectivity index (χ4v) is 8.97. The molecule has 27 heavy (non-hydrogen) atoms. The van der Waals surface area contributed by atoms with Gasteiger partial charge in [0.2, 0.25) is 0 Å². The van der Waals surface area contributed by atoms with E-state index < -0.39 is 7.26 Å². The molecule has 0 heterocycles. The van der Waals surface area contributed by atoms with Crippen molar-refractivity contribution >= 4 is 119 Å². The molecule has 0 nitrogen and oxygen atoms in total. The summed E-state index contributed by atoms with van der Waals surface area (Å²) in [6.45, 7) is 9.44. The fraction of sp³-hybridized carbons (Fsp3) is 1.00. The van der Waals surface area contributed by atoms with Crippen molar-refractivity contribution in [2.45, 2.75) is 85.5 Å². The van der Waals surface area contributed by atoms with Gasteiger partial charge in [-0.3, -0.25) is 0 Å². The van der Waals surface area contributed by atoms with Crippen LogP contribution in [0.25, 0.3) is 0 Å². The molecule has 0 radical (unpaired) electrons. The first kappa shape index (κ1) is 63.1. The molecule has 0 fully saturated rings. The van der Waals surface area contributed by atoms with Crippen molar-refractivity contribution in [3.05, 3.63) is 0 Å². The Morgan fingerprint density at radius 3 is 0.778 bits per heavy atom. The van der Waals surface area contributed by atoms with Gasteiger partial charge in [0, 0.05) is 0 Å². The van der Waals surface area contributed by atoms with E-state index in [4.69, 9.17) is 0 Å². The molecule has 184 valence electrons. The van der Waals surface area contributed by atoms with E-state index >= 15 is 0 Å². The predicted octanol–water partition coefficient (Wildman–Crippen LogP) is 10.1. The Labute approximate surface area is 227 Å². The first-order valence-corrected chi connectivity index (χ1v) is 11.6. The van der Waals surface area contributed by atoms with Crippen LogP contribution in [-0.2, 0) is 0 Å². The normalized spacial score (nSPS) is 8.59. The standard InChI is InChI=1S/C17H39P.9ClH/c1-5-9-13-17-18(14-10-6-2,15-11-7-3)16-12-8-4;;;;;;;;;/h18H,5-17H2,1-4H3;9*1H. The summed E-state index contributed by atoms with van der Waals surface area (Å²) in [6, 6.07) is 0. The average Bonchev–Trinajstić information content (AvgIpc) is 2.40. The van der Waals surface area contributed by atoms with Crippen LogP contribution >= 0.6 is 119 Å². The van der Waals surface area contributed by atoms with E-state index in [9.17, 15) is 0 Å². The van der Waals surface area contributed by atoms with Crippen molar-refractivity contribution in [1.82, 2.24) is 0 Å². The molecule has 0 rings (SSSR count). The van der Waals surface area contributed by atoms with Crippen LogP contribution < -0.4 is 0 Å². The summed E-state index contributed by atoms with van der Waals surface area (Å²) in [5.41, 5.74) is 0. The molecule has 0 saturated carbocycles. The van der Waals surface area contributed by atoms with Gasteiger partial charge in [-0.1, -0.05) is 0 Å². The minimum absolute atomic E-state index is 0. The van der Waals surface area contributed by atoms with Crippen LogP contribution in [0.15, 0.2) is 0 Å². The van der Waals surface area contributed by atoms with Crippen molar-refractivity contribution in [2.24, 2.45) is 0 Å². The van der Waals surface area contributed by atoms with Crippen molar-refractivity contribution in [1.29, 1.82) is 0 Å². The first-order valence-electron chi connectivity index (χ1n) is 8.74. The molecule has 0 aromatic carbocycles. The van der Waals surface area contributed by atoms with E-state index in [0.29, 0.717) is 0 Å². The van der Waals surface area contributed by atoms with Crippen LogP contribution in [0.5, 0.6) is 0 Å². The smallest absolute Gasteiger partial charge is 0.147 e. The van der Waals surface area contributed by atoms with E-state index in [1.54, 1.807) is 24.6 Å². The van der Waals surface area contributed by atoms with Gasteiger partial charge in [0.05, 0.1) is 0 Å². The second-order valence-corrected chi connectivity index (χ2v) is 11.3. The van der Waals surface area contributed by atoms with Gasteiger partial charge in [-0.05, 0) is 0 Å². The molecule has 0 saturated heterocycles. The summed E-state index contributed by atoms with van der Waals surface area (Å²) >= 11 is 0. The Hall–Kier alpha value is 3.04. The molecular formula is C17H48Cl9P. The maximum atomic E-state index is 2.37. The third-order valence-electron chi connectivity index (χ3n) is 4.49. The van der Waals surface area contributed by atoms with E-state index in [1.807, 2.05) is 0 Å². The van der Waals surface area contributed by atoms with Gasteiger partial charge in [0.1, 0.15) is 0 Å². The van der Waals surface area contributed by atoms with Crippen LogP contribution in [0.4, 0.5) is 0 Å². The second-order valence-electron chi connectivity index (χ2n) is 6.27. The molecule has 0 spiro atoms. The molecule has 0 aliphatic heterocycles. The van der Waals surface area contributed by atoms with Crippen LogP contribution in [-0.4, -0.2) is 24.6 Å². The van der Waals surface area contributed by atoms with Gasteiger partial charge in [-0.25, -0.2) is 0 Å². The van der Waals surface area contributed by atoms with E-state index in [2.05, 4.69) is 27.7 Å². The Morgan fingerprint density at radius 2 is 0.556 bits per heavy atom.